The van der Waals surface area contributed by atoms with Gasteiger partial charge < -0.3 is 24.8 Å². The number of hydrogen-bond donors (Lipinski definition) is 2. The van der Waals surface area contributed by atoms with Crippen LogP contribution in [0, 0.1) is 5.92 Å². The highest BCUT2D eigenvalue weighted by molar-refractivity contribution is 7.09. The predicted molar refractivity (Wildman–Crippen MR) is 121 cm³/mol. The van der Waals surface area contributed by atoms with Crippen LogP contribution in [0.15, 0.2) is 34.6 Å². The summed E-state index contributed by atoms with van der Waals surface area (Å²) >= 11 is 1.81. The van der Waals surface area contributed by atoms with Crippen molar-refractivity contribution in [2.24, 2.45) is 10.9 Å². The lowest BCUT2D eigenvalue weighted by Gasteiger charge is -2.16. The van der Waals surface area contributed by atoms with Gasteiger partial charge in [-0.1, -0.05) is 13.0 Å². The minimum Gasteiger partial charge on any atom is -0.493 e. The zero-order valence-corrected chi connectivity index (χ0v) is 18.9. The number of rotatable bonds is 11. The van der Waals surface area contributed by atoms with Crippen molar-refractivity contribution in [2.75, 3.05) is 33.9 Å². The molecule has 1 unspecified atom stereocenters. The Morgan fingerprint density at radius 1 is 1.14 bits per heavy atom. The molecule has 2 N–H and O–H groups in total. The van der Waals surface area contributed by atoms with Crippen LogP contribution in [0.3, 0.4) is 0 Å². The highest BCUT2D eigenvalue weighted by Gasteiger charge is 2.14. The van der Waals surface area contributed by atoms with E-state index in [9.17, 15) is 0 Å². The van der Waals surface area contributed by atoms with Gasteiger partial charge in [0, 0.05) is 18.0 Å². The van der Waals surface area contributed by atoms with Crippen molar-refractivity contribution in [3.63, 3.8) is 0 Å². The summed E-state index contributed by atoms with van der Waals surface area (Å²) in [5, 5.41) is 8.88. The third kappa shape index (κ3) is 7.16. The molecule has 0 amide bonds. The zero-order valence-electron chi connectivity index (χ0n) is 18.1. The van der Waals surface area contributed by atoms with Gasteiger partial charge >= 0.3 is 0 Å². The van der Waals surface area contributed by atoms with Crippen molar-refractivity contribution in [1.29, 1.82) is 0 Å². The third-order valence-electron chi connectivity index (χ3n) is 4.32. The summed E-state index contributed by atoms with van der Waals surface area (Å²) < 4.78 is 16.6. The molecular formula is C22H33N3O3S. The summed E-state index contributed by atoms with van der Waals surface area (Å²) in [6, 6.07) is 8.18. The molecule has 0 aliphatic carbocycles. The van der Waals surface area contributed by atoms with Crippen LogP contribution in [0.1, 0.15) is 31.2 Å². The minimum absolute atomic E-state index is 0.508. The number of nitrogens with zero attached hydrogens (tertiary/aromatic N) is 1. The average Bonchev–Trinajstić information content (AvgIpc) is 3.23. The maximum absolute atomic E-state index is 5.67. The Morgan fingerprint density at radius 3 is 2.41 bits per heavy atom. The van der Waals surface area contributed by atoms with E-state index in [1.54, 1.807) is 14.2 Å². The second kappa shape index (κ2) is 12.2. The van der Waals surface area contributed by atoms with Crippen LogP contribution in [0.2, 0.25) is 0 Å². The molecule has 160 valence electrons. The summed E-state index contributed by atoms with van der Waals surface area (Å²) in [6.45, 7) is 8.97. The van der Waals surface area contributed by atoms with Crippen LogP contribution in [0.25, 0.3) is 0 Å². The molecule has 0 aliphatic heterocycles. The fourth-order valence-electron chi connectivity index (χ4n) is 2.94. The fraction of sp³-hybridized carbons (Fsp3) is 0.500. The van der Waals surface area contributed by atoms with E-state index in [0.29, 0.717) is 36.3 Å². The first kappa shape index (κ1) is 22.9. The van der Waals surface area contributed by atoms with Crippen molar-refractivity contribution in [1.82, 2.24) is 10.6 Å². The van der Waals surface area contributed by atoms with Crippen molar-refractivity contribution in [3.05, 3.63) is 40.1 Å². The lowest BCUT2D eigenvalue weighted by atomic mass is 10.1. The molecule has 6 nitrogen and oxygen atoms in total. The highest BCUT2D eigenvalue weighted by Crippen LogP contribution is 2.38. The van der Waals surface area contributed by atoms with E-state index in [-0.39, 0.29) is 0 Å². The van der Waals surface area contributed by atoms with Crippen LogP contribution >= 0.6 is 11.3 Å². The van der Waals surface area contributed by atoms with E-state index < -0.39 is 0 Å². The number of aliphatic imine (C=N–C) groups is 1. The summed E-state index contributed by atoms with van der Waals surface area (Å²) in [7, 11) is 3.26. The maximum Gasteiger partial charge on any atom is 0.203 e. The molecule has 0 saturated carbocycles. The summed E-state index contributed by atoms with van der Waals surface area (Å²) in [5.41, 5.74) is 0.992. The molecule has 1 heterocycles. The molecule has 0 aliphatic rings. The molecule has 0 fully saturated rings. The molecule has 0 bridgehead atoms. The summed E-state index contributed by atoms with van der Waals surface area (Å²) in [6.07, 6.45) is 1.07. The Bertz CT molecular complexity index is 738. The maximum atomic E-state index is 5.67. The van der Waals surface area contributed by atoms with E-state index in [0.717, 1.165) is 31.0 Å². The average molecular weight is 420 g/mol. The Morgan fingerprint density at radius 2 is 1.86 bits per heavy atom. The molecule has 2 aromatic rings. The lowest BCUT2D eigenvalue weighted by Crippen LogP contribution is -2.39. The largest absolute Gasteiger partial charge is 0.493 e. The number of methoxy groups -OCH3 is 2. The molecule has 2 rings (SSSR count). The van der Waals surface area contributed by atoms with Crippen LogP contribution in [0.5, 0.6) is 17.2 Å². The van der Waals surface area contributed by atoms with Crippen LogP contribution in [0.4, 0.5) is 0 Å². The van der Waals surface area contributed by atoms with Gasteiger partial charge in [0.2, 0.25) is 5.75 Å². The van der Waals surface area contributed by atoms with E-state index in [1.165, 1.54) is 4.88 Å². The Labute approximate surface area is 178 Å². The number of hydrogen-bond acceptors (Lipinski definition) is 5. The van der Waals surface area contributed by atoms with Crippen molar-refractivity contribution in [3.8, 4) is 17.2 Å². The number of thiophene rings is 1. The molecule has 1 atom stereocenters. The topological polar surface area (TPSA) is 64.1 Å². The molecule has 0 spiro atoms. The second-order valence-electron chi connectivity index (χ2n) is 6.73. The first-order chi connectivity index (χ1) is 14.1. The Hall–Kier alpha value is -2.41. The number of nitrogens with one attached hydrogen (secondary N) is 2. The fourth-order valence-corrected chi connectivity index (χ4v) is 3.81. The lowest BCUT2D eigenvalue weighted by molar-refractivity contribution is 0.288. The monoisotopic (exact) mass is 419 g/mol. The SMILES string of the molecule is CCNC(=NCc1cc(OC)c(OCC)c(OC)c1)NCC(C)Cc1cccs1. The quantitative estimate of drug-likeness (QED) is 0.424. The van der Waals surface area contributed by atoms with Gasteiger partial charge in [-0.05, 0) is 55.3 Å². The first-order valence-electron chi connectivity index (χ1n) is 10.0. The molecule has 0 saturated heterocycles. The highest BCUT2D eigenvalue weighted by atomic mass is 32.1. The molecule has 0 radical (unpaired) electrons. The molecule has 1 aromatic heterocycles. The van der Waals surface area contributed by atoms with E-state index in [4.69, 9.17) is 19.2 Å². The van der Waals surface area contributed by atoms with Gasteiger partial charge in [0.05, 0.1) is 27.4 Å². The van der Waals surface area contributed by atoms with Gasteiger partial charge in [-0.2, -0.15) is 0 Å². The number of benzene rings is 1. The minimum atomic E-state index is 0.508. The van der Waals surface area contributed by atoms with Gasteiger partial charge in [0.1, 0.15) is 0 Å². The molecule has 29 heavy (non-hydrogen) atoms. The number of guanidine groups is 1. The number of ether oxygens (including phenoxy) is 3. The predicted octanol–water partition coefficient (Wildman–Crippen LogP) is 4.10. The Kier molecular flexibility index (Phi) is 9.64. The van der Waals surface area contributed by atoms with Crippen LogP contribution < -0.4 is 24.8 Å². The van der Waals surface area contributed by atoms with Crippen molar-refractivity contribution < 1.29 is 14.2 Å². The van der Waals surface area contributed by atoms with E-state index in [1.807, 2.05) is 30.4 Å². The van der Waals surface area contributed by atoms with Gasteiger partial charge in [0.25, 0.3) is 0 Å². The van der Waals surface area contributed by atoms with Crippen molar-refractivity contribution in [2.45, 2.75) is 33.7 Å². The van der Waals surface area contributed by atoms with Gasteiger partial charge in [-0.25, -0.2) is 4.99 Å². The zero-order chi connectivity index (χ0) is 21.1. The molecule has 7 heteroatoms. The van der Waals surface area contributed by atoms with Gasteiger partial charge in [-0.15, -0.1) is 11.3 Å². The van der Waals surface area contributed by atoms with Crippen LogP contribution in [-0.4, -0.2) is 39.9 Å². The summed E-state index contributed by atoms with van der Waals surface area (Å²) in [4.78, 5) is 6.14. The van der Waals surface area contributed by atoms with Gasteiger partial charge in [0.15, 0.2) is 17.5 Å². The first-order valence-corrected chi connectivity index (χ1v) is 10.9. The molecular weight excluding hydrogens is 386 g/mol. The summed E-state index contributed by atoms with van der Waals surface area (Å²) in [5.74, 6) is 3.25. The van der Waals surface area contributed by atoms with Crippen LogP contribution in [-0.2, 0) is 13.0 Å². The Balaban J connectivity index is 2.04. The van der Waals surface area contributed by atoms with E-state index >= 15 is 0 Å². The third-order valence-corrected chi connectivity index (χ3v) is 5.22. The van der Waals surface area contributed by atoms with Gasteiger partial charge in [-0.3, -0.25) is 0 Å². The normalized spacial score (nSPS) is 12.4. The standard InChI is InChI=1S/C22H33N3O3S/c1-6-23-22(24-14-16(3)11-18-9-8-10-29-18)25-15-17-12-19(26-4)21(28-7-2)20(13-17)27-5/h8-10,12-13,16H,6-7,11,14-15H2,1-5H3,(H2,23,24,25). The van der Waals surface area contributed by atoms with E-state index in [2.05, 4.69) is 42.0 Å². The van der Waals surface area contributed by atoms with Crippen molar-refractivity contribution >= 4 is 17.3 Å². The smallest absolute Gasteiger partial charge is 0.203 e. The molecule has 1 aromatic carbocycles. The second-order valence-corrected chi connectivity index (χ2v) is 7.76.